The van der Waals surface area contributed by atoms with Crippen LogP contribution in [-0.2, 0) is 4.74 Å². The van der Waals surface area contributed by atoms with Gasteiger partial charge in [-0.3, -0.25) is 0 Å². The predicted molar refractivity (Wildman–Crippen MR) is 56.0 cm³/mol. The van der Waals surface area contributed by atoms with Gasteiger partial charge < -0.3 is 10.5 Å². The summed E-state index contributed by atoms with van der Waals surface area (Å²) in [7, 11) is 0. The Morgan fingerprint density at radius 3 is 2.57 bits per heavy atom. The molecule has 2 aliphatic heterocycles. The van der Waals surface area contributed by atoms with E-state index < -0.39 is 0 Å². The van der Waals surface area contributed by atoms with Crippen molar-refractivity contribution < 1.29 is 4.74 Å². The van der Waals surface area contributed by atoms with Crippen molar-refractivity contribution >= 4 is 0 Å². The van der Waals surface area contributed by atoms with Crippen LogP contribution >= 0.6 is 0 Å². The van der Waals surface area contributed by atoms with Gasteiger partial charge in [-0.15, -0.1) is 0 Å². The number of hydrogen-bond acceptors (Lipinski definition) is 2. The Morgan fingerprint density at radius 2 is 2.07 bits per heavy atom. The van der Waals surface area contributed by atoms with E-state index >= 15 is 0 Å². The monoisotopic (exact) mass is 195 g/mol. The highest BCUT2D eigenvalue weighted by molar-refractivity contribution is 5.04. The first-order valence-corrected chi connectivity index (χ1v) is 6.21. The van der Waals surface area contributed by atoms with E-state index in [-0.39, 0.29) is 5.54 Å². The molecule has 14 heavy (non-hydrogen) atoms. The third-order valence-corrected chi connectivity index (χ3v) is 4.60. The van der Waals surface area contributed by atoms with E-state index in [1.54, 1.807) is 0 Å². The fraction of sp³-hybridized carbons (Fsp3) is 1.00. The van der Waals surface area contributed by atoms with Crippen molar-refractivity contribution in [2.24, 2.45) is 11.7 Å². The van der Waals surface area contributed by atoms with E-state index in [1.807, 2.05) is 0 Å². The summed E-state index contributed by atoms with van der Waals surface area (Å²) in [5.74, 6) is 0.995. The van der Waals surface area contributed by atoms with Gasteiger partial charge in [0.1, 0.15) is 0 Å². The molecule has 3 unspecified atom stereocenters. The van der Waals surface area contributed by atoms with E-state index in [2.05, 4.69) is 0 Å². The zero-order chi connectivity index (χ0) is 9.60. The topological polar surface area (TPSA) is 35.2 Å². The van der Waals surface area contributed by atoms with Crippen molar-refractivity contribution in [1.29, 1.82) is 0 Å². The fourth-order valence-electron chi connectivity index (χ4n) is 3.35. The van der Waals surface area contributed by atoms with E-state index in [1.165, 1.54) is 44.9 Å². The molecule has 3 aliphatic rings. The lowest BCUT2D eigenvalue weighted by atomic mass is 9.74. The Morgan fingerprint density at radius 1 is 1.21 bits per heavy atom. The molecule has 0 amide bonds. The lowest BCUT2D eigenvalue weighted by Gasteiger charge is -2.34. The van der Waals surface area contributed by atoms with Crippen LogP contribution in [0.25, 0.3) is 0 Å². The van der Waals surface area contributed by atoms with Crippen LogP contribution in [0.15, 0.2) is 0 Å². The van der Waals surface area contributed by atoms with Gasteiger partial charge in [0, 0.05) is 5.54 Å². The summed E-state index contributed by atoms with van der Waals surface area (Å²) >= 11 is 0. The Labute approximate surface area is 86.2 Å². The molecule has 0 spiro atoms. The Balaban J connectivity index is 1.55. The van der Waals surface area contributed by atoms with Crippen LogP contribution in [0.3, 0.4) is 0 Å². The number of hydrogen-bond donors (Lipinski definition) is 1. The average molecular weight is 195 g/mol. The van der Waals surface area contributed by atoms with Gasteiger partial charge in [0.25, 0.3) is 0 Å². The Bertz CT molecular complexity index is 226. The largest absolute Gasteiger partial charge is 0.373 e. The molecule has 2 N–H and O–H groups in total. The third-order valence-electron chi connectivity index (χ3n) is 4.60. The zero-order valence-corrected chi connectivity index (χ0v) is 8.87. The quantitative estimate of drug-likeness (QED) is 0.749. The van der Waals surface area contributed by atoms with Gasteiger partial charge in [0.15, 0.2) is 0 Å². The van der Waals surface area contributed by atoms with Crippen molar-refractivity contribution in [3.63, 3.8) is 0 Å². The zero-order valence-electron chi connectivity index (χ0n) is 8.87. The molecular weight excluding hydrogens is 174 g/mol. The Kier molecular flexibility index (Phi) is 2.10. The average Bonchev–Trinajstić information content (AvgIpc) is 2.60. The molecule has 2 nitrogen and oxygen atoms in total. The molecule has 3 fully saturated rings. The van der Waals surface area contributed by atoms with Crippen LogP contribution in [0.2, 0.25) is 0 Å². The van der Waals surface area contributed by atoms with Gasteiger partial charge in [0.05, 0.1) is 12.2 Å². The molecule has 2 saturated heterocycles. The standard InChI is InChI=1S/C12H21NO/c13-12(7-6-9-2-1-3-9)8-10-4-5-11(12)14-10/h9-11H,1-8,13H2. The molecule has 3 rings (SSSR count). The highest BCUT2D eigenvalue weighted by atomic mass is 16.5. The minimum absolute atomic E-state index is 0.0541. The van der Waals surface area contributed by atoms with Crippen LogP contribution in [0.1, 0.15) is 51.4 Å². The van der Waals surface area contributed by atoms with Crippen molar-refractivity contribution in [2.45, 2.75) is 69.1 Å². The van der Waals surface area contributed by atoms with E-state index in [0.717, 1.165) is 12.3 Å². The summed E-state index contributed by atoms with van der Waals surface area (Å²) in [5, 5.41) is 0. The molecule has 0 aromatic heterocycles. The van der Waals surface area contributed by atoms with Crippen LogP contribution in [0.5, 0.6) is 0 Å². The maximum absolute atomic E-state index is 6.45. The van der Waals surface area contributed by atoms with Crippen LogP contribution in [-0.4, -0.2) is 17.7 Å². The van der Waals surface area contributed by atoms with Gasteiger partial charge >= 0.3 is 0 Å². The van der Waals surface area contributed by atoms with Crippen LogP contribution < -0.4 is 5.73 Å². The van der Waals surface area contributed by atoms with Gasteiger partial charge in [-0.05, 0) is 38.0 Å². The number of fused-ring (bicyclic) bond motifs is 2. The Hall–Kier alpha value is -0.0800. The van der Waals surface area contributed by atoms with E-state index in [9.17, 15) is 0 Å². The maximum atomic E-state index is 6.45. The first-order valence-electron chi connectivity index (χ1n) is 6.21. The molecule has 1 aliphatic carbocycles. The summed E-state index contributed by atoms with van der Waals surface area (Å²) in [5.41, 5.74) is 6.50. The molecule has 2 heterocycles. The highest BCUT2D eigenvalue weighted by Crippen LogP contribution is 2.44. The predicted octanol–water partition coefficient (Wildman–Crippen LogP) is 2.22. The van der Waals surface area contributed by atoms with Crippen molar-refractivity contribution in [2.75, 3.05) is 0 Å². The second-order valence-electron chi connectivity index (χ2n) is 5.60. The maximum Gasteiger partial charge on any atom is 0.0760 e. The number of nitrogens with two attached hydrogens (primary N) is 1. The molecule has 80 valence electrons. The van der Waals surface area contributed by atoms with Crippen molar-refractivity contribution in [1.82, 2.24) is 0 Å². The second-order valence-corrected chi connectivity index (χ2v) is 5.60. The van der Waals surface area contributed by atoms with Gasteiger partial charge in [-0.1, -0.05) is 19.3 Å². The van der Waals surface area contributed by atoms with Crippen LogP contribution in [0, 0.1) is 5.92 Å². The molecule has 0 aromatic carbocycles. The van der Waals surface area contributed by atoms with Crippen molar-refractivity contribution in [3.8, 4) is 0 Å². The van der Waals surface area contributed by atoms with Gasteiger partial charge in [-0.2, -0.15) is 0 Å². The molecule has 2 bridgehead atoms. The van der Waals surface area contributed by atoms with E-state index in [0.29, 0.717) is 12.2 Å². The smallest absolute Gasteiger partial charge is 0.0760 e. The first kappa shape index (κ1) is 9.17. The van der Waals surface area contributed by atoms with Gasteiger partial charge in [0.2, 0.25) is 0 Å². The SMILES string of the molecule is NC1(CCC2CCC2)CC2CCC1O2. The molecular formula is C12H21NO. The summed E-state index contributed by atoms with van der Waals surface area (Å²) in [4.78, 5) is 0. The normalized spacial score (nSPS) is 46.9. The molecule has 3 atom stereocenters. The summed E-state index contributed by atoms with van der Waals surface area (Å²) in [6.07, 6.45) is 11.4. The molecule has 2 heteroatoms. The third kappa shape index (κ3) is 1.40. The van der Waals surface area contributed by atoms with E-state index in [4.69, 9.17) is 10.5 Å². The number of ether oxygens (including phenoxy) is 1. The molecule has 0 aromatic rings. The highest BCUT2D eigenvalue weighted by Gasteiger charge is 2.49. The minimum Gasteiger partial charge on any atom is -0.373 e. The van der Waals surface area contributed by atoms with Crippen molar-refractivity contribution in [3.05, 3.63) is 0 Å². The fourth-order valence-corrected chi connectivity index (χ4v) is 3.35. The second kappa shape index (κ2) is 3.21. The van der Waals surface area contributed by atoms with Gasteiger partial charge in [-0.25, -0.2) is 0 Å². The molecule has 0 radical (unpaired) electrons. The lowest BCUT2D eigenvalue weighted by molar-refractivity contribution is 0.0809. The van der Waals surface area contributed by atoms with Crippen LogP contribution in [0.4, 0.5) is 0 Å². The molecule has 1 saturated carbocycles. The summed E-state index contributed by atoms with van der Waals surface area (Å²) in [6.45, 7) is 0. The number of rotatable bonds is 3. The summed E-state index contributed by atoms with van der Waals surface area (Å²) in [6, 6.07) is 0. The minimum atomic E-state index is 0.0541. The first-order chi connectivity index (χ1) is 6.76. The lowest BCUT2D eigenvalue weighted by Crippen LogP contribution is -2.49. The summed E-state index contributed by atoms with van der Waals surface area (Å²) < 4.78 is 5.85.